The summed E-state index contributed by atoms with van der Waals surface area (Å²) in [6.45, 7) is 1.89. The Labute approximate surface area is 233 Å². The fourth-order valence-electron chi connectivity index (χ4n) is 4.14. The Hall–Kier alpha value is -3.22. The van der Waals surface area contributed by atoms with Crippen molar-refractivity contribution < 1.29 is 23.5 Å². The highest BCUT2D eigenvalue weighted by Crippen LogP contribution is 2.22. The summed E-state index contributed by atoms with van der Waals surface area (Å²) in [4.78, 5) is 25.2. The Morgan fingerprint density at radius 3 is 2.34 bits per heavy atom. The minimum Gasteiger partial charge on any atom is -0.390 e. The van der Waals surface area contributed by atoms with Crippen molar-refractivity contribution in [3.63, 3.8) is 0 Å². The maximum atomic E-state index is 13.8. The van der Waals surface area contributed by atoms with Gasteiger partial charge in [-0.3, -0.25) is 14.9 Å². The summed E-state index contributed by atoms with van der Waals surface area (Å²) < 4.78 is 27.6. The van der Waals surface area contributed by atoms with Gasteiger partial charge in [0.05, 0.1) is 28.3 Å². The van der Waals surface area contributed by atoms with Crippen LogP contribution in [0.5, 0.6) is 0 Å². The molecule has 0 saturated carbocycles. The van der Waals surface area contributed by atoms with E-state index in [-0.39, 0.29) is 29.3 Å². The fourth-order valence-corrected chi connectivity index (χ4v) is 4.80. The van der Waals surface area contributed by atoms with E-state index in [1.54, 1.807) is 31.2 Å². The molecule has 38 heavy (non-hydrogen) atoms. The number of halogens is 3. The van der Waals surface area contributed by atoms with E-state index < -0.39 is 29.7 Å². The number of nitrogens with zero attached hydrogens (tertiary/aromatic N) is 2. The lowest BCUT2D eigenvalue weighted by atomic mass is 10.00. The number of alkyl halides is 1. The Kier molecular flexibility index (Phi) is 9.18. The molecule has 0 fully saturated rings. The minimum absolute atomic E-state index is 0.00880. The lowest BCUT2D eigenvalue weighted by Crippen LogP contribution is -2.48. The number of anilines is 1. The van der Waals surface area contributed by atoms with Crippen LogP contribution in [0.15, 0.2) is 77.9 Å². The van der Waals surface area contributed by atoms with Crippen molar-refractivity contribution in [3.8, 4) is 0 Å². The summed E-state index contributed by atoms with van der Waals surface area (Å²) in [6, 6.07) is 18.3. The number of rotatable bonds is 10. The first kappa shape index (κ1) is 27.8. The Morgan fingerprint density at radius 1 is 1.08 bits per heavy atom. The summed E-state index contributed by atoms with van der Waals surface area (Å²) in [5.74, 6) is -2.10. The molecule has 3 aromatic rings. The average molecular weight is 632 g/mol. The molecule has 7 nitrogen and oxygen atoms in total. The van der Waals surface area contributed by atoms with Crippen molar-refractivity contribution in [2.24, 2.45) is 5.10 Å². The van der Waals surface area contributed by atoms with Crippen LogP contribution in [0.1, 0.15) is 38.9 Å². The summed E-state index contributed by atoms with van der Waals surface area (Å²) in [5, 5.41) is 22.5. The van der Waals surface area contributed by atoms with Crippen molar-refractivity contribution in [2.75, 3.05) is 11.6 Å². The lowest BCUT2D eigenvalue weighted by molar-refractivity contribution is -0.116. The number of hydrogen-bond donors (Lipinski definition) is 3. The summed E-state index contributed by atoms with van der Waals surface area (Å²) in [6.07, 6.45) is -0.807. The first-order chi connectivity index (χ1) is 18.2. The van der Waals surface area contributed by atoms with E-state index in [4.69, 9.17) is 0 Å². The number of hydrogen-bond acceptors (Lipinski definition) is 5. The molecule has 1 unspecified atom stereocenters. The first-order valence-electron chi connectivity index (χ1n) is 12.0. The number of nitrogens with one attached hydrogen (secondary N) is 2. The van der Waals surface area contributed by atoms with Crippen molar-refractivity contribution in [1.82, 2.24) is 10.6 Å². The van der Waals surface area contributed by atoms with Crippen LogP contribution in [0.25, 0.3) is 0 Å². The van der Waals surface area contributed by atoms with Gasteiger partial charge in [-0.25, -0.2) is 13.8 Å². The number of carbonyl (C=O) groups excluding carboxylic acids is 2. The Bertz CT molecular complexity index is 1300. The third-order valence-corrected chi connectivity index (χ3v) is 7.20. The zero-order chi connectivity index (χ0) is 27.2. The molecule has 0 saturated heterocycles. The number of aliphatic hydroxyl groups excluding tert-OH is 1. The van der Waals surface area contributed by atoms with Gasteiger partial charge >= 0.3 is 0 Å². The van der Waals surface area contributed by atoms with Crippen LogP contribution in [0, 0.1) is 11.6 Å². The van der Waals surface area contributed by atoms with Gasteiger partial charge in [-0.1, -0.05) is 52.9 Å². The van der Waals surface area contributed by atoms with Crippen molar-refractivity contribution in [1.29, 1.82) is 0 Å². The number of amides is 2. The smallest absolute Gasteiger partial charge is 0.253 e. The molecule has 1 heterocycles. The topological polar surface area (TPSA) is 94.0 Å². The molecule has 1 aliphatic heterocycles. The molecule has 0 bridgehead atoms. The molecular weight excluding hydrogens is 605 g/mol. The zero-order valence-corrected chi connectivity index (χ0v) is 22.7. The van der Waals surface area contributed by atoms with E-state index in [0.717, 1.165) is 11.6 Å². The highest BCUT2D eigenvalue weighted by Gasteiger charge is 2.25. The molecule has 0 aliphatic carbocycles. The quantitative estimate of drug-likeness (QED) is 0.174. The van der Waals surface area contributed by atoms with Gasteiger partial charge in [-0.15, -0.1) is 0 Å². The van der Waals surface area contributed by atoms with Gasteiger partial charge in [0.25, 0.3) is 11.8 Å². The average Bonchev–Trinajstić information content (AvgIpc) is 3.24. The molecule has 3 N–H and O–H groups in total. The van der Waals surface area contributed by atoms with Crippen LogP contribution in [0.4, 0.5) is 14.5 Å². The number of benzene rings is 3. The second kappa shape index (κ2) is 12.5. The van der Waals surface area contributed by atoms with Gasteiger partial charge in [-0.05, 0) is 60.9 Å². The van der Waals surface area contributed by atoms with Crippen LogP contribution in [-0.2, 0) is 11.2 Å². The zero-order valence-electron chi connectivity index (χ0n) is 20.6. The molecular formula is C28H27F2IN4O3. The van der Waals surface area contributed by atoms with Crippen molar-refractivity contribution >= 4 is 45.8 Å². The highest BCUT2D eigenvalue weighted by molar-refractivity contribution is 14.1. The number of hydrazone groups is 1. The van der Waals surface area contributed by atoms with Gasteiger partial charge in [0.1, 0.15) is 11.6 Å². The molecule has 0 spiro atoms. The number of aliphatic hydroxyl groups is 1. The molecule has 2 amide bonds. The standard InChI is InChI=1S/C28H27F2IN4O3/c1-17-11-26(37)35(34-17)23-9-7-20(8-10-23)28(38)33-24(14-18-12-21(29)15-22(30)13-18)25(36)16-32-27(31)19-5-3-2-4-6-19/h2-10,12-13,15,24-25,27,32,36H,11,14,16H2,1H3,(H,33,38)/t24-,25+,27?/m0/s1. The first-order valence-corrected chi connectivity index (χ1v) is 13.3. The predicted octanol–water partition coefficient (Wildman–Crippen LogP) is 4.50. The van der Waals surface area contributed by atoms with Crippen molar-refractivity contribution in [3.05, 3.63) is 101 Å². The molecule has 4 rings (SSSR count). The maximum Gasteiger partial charge on any atom is 0.253 e. The van der Waals surface area contributed by atoms with E-state index in [1.807, 2.05) is 30.3 Å². The van der Waals surface area contributed by atoms with Crippen LogP contribution in [-0.4, -0.2) is 41.3 Å². The predicted molar refractivity (Wildman–Crippen MR) is 150 cm³/mol. The highest BCUT2D eigenvalue weighted by atomic mass is 127. The van der Waals surface area contributed by atoms with Crippen LogP contribution in [0.3, 0.4) is 0 Å². The second-order valence-corrected chi connectivity index (χ2v) is 10.3. The molecule has 1 aliphatic rings. The molecule has 0 radical (unpaired) electrons. The molecule has 3 atom stereocenters. The van der Waals surface area contributed by atoms with E-state index in [1.165, 1.54) is 17.1 Å². The maximum absolute atomic E-state index is 13.8. The Balaban J connectivity index is 1.48. The third kappa shape index (κ3) is 7.21. The Morgan fingerprint density at radius 2 is 1.74 bits per heavy atom. The van der Waals surface area contributed by atoms with Gasteiger partial charge < -0.3 is 10.4 Å². The largest absolute Gasteiger partial charge is 0.390 e. The number of carbonyl (C=O) groups is 2. The molecule has 198 valence electrons. The van der Waals surface area contributed by atoms with Crippen LogP contribution in [0.2, 0.25) is 0 Å². The normalized spacial score (nSPS) is 15.7. The van der Waals surface area contributed by atoms with Gasteiger partial charge in [0.2, 0.25) is 0 Å². The van der Waals surface area contributed by atoms with Gasteiger partial charge in [-0.2, -0.15) is 5.10 Å². The molecule has 10 heteroatoms. The van der Waals surface area contributed by atoms with Crippen LogP contribution < -0.4 is 15.6 Å². The van der Waals surface area contributed by atoms with E-state index in [0.29, 0.717) is 22.5 Å². The second-order valence-electron chi connectivity index (χ2n) is 9.08. The minimum atomic E-state index is -1.06. The van der Waals surface area contributed by atoms with Crippen LogP contribution >= 0.6 is 22.6 Å². The van der Waals surface area contributed by atoms with Gasteiger partial charge in [0, 0.05) is 23.9 Å². The summed E-state index contributed by atoms with van der Waals surface area (Å²) in [7, 11) is 0. The lowest BCUT2D eigenvalue weighted by Gasteiger charge is -2.26. The van der Waals surface area contributed by atoms with E-state index >= 15 is 0 Å². The SMILES string of the molecule is CC1=NN(c2ccc(C(=O)N[C@@H](Cc3cc(F)cc(F)c3)[C@H](O)CNC(I)c3ccccc3)cc2)C(=O)C1. The van der Waals surface area contributed by atoms with Gasteiger partial charge in [0.15, 0.2) is 0 Å². The third-order valence-electron chi connectivity index (χ3n) is 6.05. The monoisotopic (exact) mass is 632 g/mol. The molecule has 3 aromatic carbocycles. The van der Waals surface area contributed by atoms with E-state index in [9.17, 15) is 23.5 Å². The summed E-state index contributed by atoms with van der Waals surface area (Å²) >= 11 is 2.21. The summed E-state index contributed by atoms with van der Waals surface area (Å²) in [5.41, 5.74) is 2.86. The van der Waals surface area contributed by atoms with E-state index in [2.05, 4.69) is 38.3 Å². The fraction of sp³-hybridized carbons (Fsp3) is 0.250. The molecule has 0 aromatic heterocycles. The van der Waals surface area contributed by atoms with Crippen molar-refractivity contribution in [2.45, 2.75) is 36.0 Å².